The summed E-state index contributed by atoms with van der Waals surface area (Å²) < 4.78 is 4.80. The maximum Gasteiger partial charge on any atom is 0.333 e. The largest absolute Gasteiger partial charge is 0.466 e. The highest BCUT2D eigenvalue weighted by Crippen LogP contribution is 2.63. The highest BCUT2D eigenvalue weighted by Gasteiger charge is 2.47. The zero-order chi connectivity index (χ0) is 21.5. The van der Waals surface area contributed by atoms with Gasteiger partial charge in [-0.1, -0.05) is 96.0 Å². The molecule has 0 spiro atoms. The van der Waals surface area contributed by atoms with Crippen molar-refractivity contribution >= 4 is 41.3 Å². The summed E-state index contributed by atoms with van der Waals surface area (Å²) in [5, 5.41) is 0. The minimum atomic E-state index is -0.374. The topological polar surface area (TPSA) is 26.3 Å². The molecule has 0 aromatic heterocycles. The molecule has 0 N–H and O–H groups in total. The van der Waals surface area contributed by atoms with Crippen molar-refractivity contribution in [2.24, 2.45) is 5.92 Å². The Bertz CT molecular complexity index is 919. The lowest BCUT2D eigenvalue weighted by Crippen LogP contribution is -2.30. The monoisotopic (exact) mass is 464 g/mol. The number of carbonyl (C=O) groups is 1. The van der Waals surface area contributed by atoms with Crippen molar-refractivity contribution < 1.29 is 9.53 Å². The average molecular weight is 465 g/mol. The summed E-state index contributed by atoms with van der Waals surface area (Å²) in [4.78, 5) is 16.3. The van der Waals surface area contributed by atoms with Gasteiger partial charge in [0.15, 0.2) is 0 Å². The molecule has 4 rings (SSSR count). The van der Waals surface area contributed by atoms with E-state index in [1.165, 1.54) is 21.8 Å². The number of benzene rings is 3. The summed E-state index contributed by atoms with van der Waals surface area (Å²) in [5.74, 6) is -0.177. The van der Waals surface area contributed by atoms with Gasteiger partial charge in [0.2, 0.25) is 0 Å². The predicted octanol–water partition coefficient (Wildman–Crippen LogP) is 7.53. The molecule has 0 radical (unpaired) electrons. The van der Waals surface area contributed by atoms with Crippen molar-refractivity contribution in [3.63, 3.8) is 0 Å². The summed E-state index contributed by atoms with van der Waals surface area (Å²) >= 11 is 5.50. The molecule has 0 saturated heterocycles. The standard InChI is InChI=1S/C26H24O2S3/c1-28-25(27)23-18-11-19-24(23)26(29-20-12-5-2-6-13-20,30-21-14-7-3-8-15-21)31-22-16-9-4-10-17-22/h2-10,12-18,24H,11,19H2,1H3. The molecule has 1 aliphatic rings. The highest BCUT2D eigenvalue weighted by atomic mass is 32.3. The molecule has 0 heterocycles. The van der Waals surface area contributed by atoms with Gasteiger partial charge in [-0.25, -0.2) is 4.79 Å². The van der Waals surface area contributed by atoms with E-state index >= 15 is 0 Å². The summed E-state index contributed by atoms with van der Waals surface area (Å²) in [5.41, 5.74) is 0.790. The van der Waals surface area contributed by atoms with Crippen LogP contribution in [0.25, 0.3) is 0 Å². The molecule has 3 aromatic rings. The fourth-order valence-electron chi connectivity index (χ4n) is 3.65. The third kappa shape index (κ3) is 5.40. The van der Waals surface area contributed by atoms with Crippen LogP contribution >= 0.6 is 35.3 Å². The summed E-state index contributed by atoms with van der Waals surface area (Å²) in [6, 6.07) is 31.4. The minimum absolute atomic E-state index is 0.0422. The van der Waals surface area contributed by atoms with Gasteiger partial charge < -0.3 is 4.74 Å². The van der Waals surface area contributed by atoms with Gasteiger partial charge in [-0.05, 0) is 49.2 Å². The fourth-order valence-corrected chi connectivity index (χ4v) is 8.91. The smallest absolute Gasteiger partial charge is 0.333 e. The van der Waals surface area contributed by atoms with Crippen LogP contribution in [-0.4, -0.2) is 16.5 Å². The Kier molecular flexibility index (Phi) is 7.49. The Labute approximate surface area is 196 Å². The van der Waals surface area contributed by atoms with Crippen LogP contribution in [0.4, 0.5) is 0 Å². The molecule has 0 saturated carbocycles. The summed E-state index contributed by atoms with van der Waals surface area (Å²) in [6.45, 7) is 0. The lowest BCUT2D eigenvalue weighted by atomic mass is 10.0. The second-order valence-corrected chi connectivity index (χ2v) is 11.9. The van der Waals surface area contributed by atoms with Gasteiger partial charge in [-0.3, -0.25) is 0 Å². The third-order valence-electron chi connectivity index (χ3n) is 5.05. The zero-order valence-electron chi connectivity index (χ0n) is 17.3. The molecule has 2 nitrogen and oxygen atoms in total. The molecule has 0 aliphatic heterocycles. The quantitative estimate of drug-likeness (QED) is 0.195. The first-order valence-electron chi connectivity index (χ1n) is 10.2. The van der Waals surface area contributed by atoms with Gasteiger partial charge in [0, 0.05) is 26.2 Å². The molecule has 0 amide bonds. The van der Waals surface area contributed by atoms with Gasteiger partial charge in [0.05, 0.1) is 7.11 Å². The van der Waals surface area contributed by atoms with E-state index in [-0.39, 0.29) is 15.3 Å². The van der Waals surface area contributed by atoms with Crippen LogP contribution < -0.4 is 0 Å². The molecule has 0 fully saturated rings. The normalized spacial score (nSPS) is 16.0. The van der Waals surface area contributed by atoms with Gasteiger partial charge in [-0.15, -0.1) is 0 Å². The van der Waals surface area contributed by atoms with E-state index in [9.17, 15) is 4.79 Å². The molecule has 3 aromatic carbocycles. The number of carbonyl (C=O) groups excluding carboxylic acids is 1. The van der Waals surface area contributed by atoms with E-state index < -0.39 is 0 Å². The molecular formula is C26H24O2S3. The number of esters is 1. The number of allylic oxidation sites excluding steroid dienone is 1. The number of ether oxygens (including phenoxy) is 1. The lowest BCUT2D eigenvalue weighted by molar-refractivity contribution is -0.136. The van der Waals surface area contributed by atoms with E-state index in [1.54, 1.807) is 0 Å². The molecule has 1 unspecified atom stereocenters. The SMILES string of the molecule is COC(=O)C1=CCCC1C(Sc1ccccc1)(Sc1ccccc1)Sc1ccccc1. The summed E-state index contributed by atoms with van der Waals surface area (Å²) in [6.07, 6.45) is 3.87. The molecule has 5 heteroatoms. The second-order valence-electron chi connectivity index (χ2n) is 7.13. The van der Waals surface area contributed by atoms with Gasteiger partial charge >= 0.3 is 5.97 Å². The maximum absolute atomic E-state index is 12.7. The maximum atomic E-state index is 12.7. The predicted molar refractivity (Wildman–Crippen MR) is 132 cm³/mol. The number of thioether (sulfide) groups is 3. The Balaban J connectivity index is 1.82. The van der Waals surface area contributed by atoms with E-state index in [0.717, 1.165) is 18.4 Å². The number of hydrogen-bond donors (Lipinski definition) is 0. The van der Waals surface area contributed by atoms with Crippen LogP contribution in [0, 0.1) is 5.92 Å². The first-order valence-corrected chi connectivity index (χ1v) is 12.7. The van der Waals surface area contributed by atoms with Gasteiger partial charge in [-0.2, -0.15) is 0 Å². The van der Waals surface area contributed by atoms with Crippen LogP contribution in [0.15, 0.2) is 117 Å². The first kappa shape index (κ1) is 22.1. The van der Waals surface area contributed by atoms with Crippen LogP contribution in [0.3, 0.4) is 0 Å². The van der Waals surface area contributed by atoms with E-state index in [4.69, 9.17) is 4.74 Å². The molecule has 31 heavy (non-hydrogen) atoms. The molecule has 158 valence electrons. The third-order valence-corrected chi connectivity index (χ3v) is 9.78. The van der Waals surface area contributed by atoms with Gasteiger partial charge in [0.1, 0.15) is 3.41 Å². The van der Waals surface area contributed by atoms with Crippen molar-refractivity contribution in [1.29, 1.82) is 0 Å². The molecular weight excluding hydrogens is 440 g/mol. The average Bonchev–Trinajstić information content (AvgIpc) is 3.31. The lowest BCUT2D eigenvalue weighted by Gasteiger charge is -2.38. The Morgan fingerprint density at radius 1 is 0.774 bits per heavy atom. The van der Waals surface area contributed by atoms with E-state index in [2.05, 4.69) is 78.9 Å². The Hall–Kier alpha value is -2.08. The van der Waals surface area contributed by atoms with Crippen LogP contribution in [0.5, 0.6) is 0 Å². The fraction of sp³-hybridized carbons (Fsp3) is 0.192. The van der Waals surface area contributed by atoms with Gasteiger partial charge in [0.25, 0.3) is 0 Å². The highest BCUT2D eigenvalue weighted by molar-refractivity contribution is 8.33. The number of hydrogen-bond acceptors (Lipinski definition) is 5. The first-order chi connectivity index (χ1) is 15.2. The minimum Gasteiger partial charge on any atom is -0.466 e. The zero-order valence-corrected chi connectivity index (χ0v) is 19.7. The van der Waals surface area contributed by atoms with Crippen LogP contribution in [0.2, 0.25) is 0 Å². The number of rotatable bonds is 8. The Morgan fingerprint density at radius 2 is 1.19 bits per heavy atom. The van der Waals surface area contributed by atoms with Crippen LogP contribution in [0.1, 0.15) is 12.8 Å². The van der Waals surface area contributed by atoms with Crippen molar-refractivity contribution in [3.05, 3.63) is 103 Å². The number of methoxy groups -OCH3 is 1. The second kappa shape index (κ2) is 10.5. The van der Waals surface area contributed by atoms with Crippen molar-refractivity contribution in [3.8, 4) is 0 Å². The Morgan fingerprint density at radius 3 is 1.58 bits per heavy atom. The van der Waals surface area contributed by atoms with E-state index in [1.807, 2.05) is 53.5 Å². The molecule has 1 aliphatic carbocycles. The van der Waals surface area contributed by atoms with E-state index in [0.29, 0.717) is 0 Å². The molecule has 1 atom stereocenters. The van der Waals surface area contributed by atoms with Crippen molar-refractivity contribution in [2.45, 2.75) is 30.9 Å². The summed E-state index contributed by atoms with van der Waals surface area (Å²) in [7, 11) is 1.47. The van der Waals surface area contributed by atoms with Crippen LogP contribution in [-0.2, 0) is 9.53 Å². The molecule has 0 bridgehead atoms. The van der Waals surface area contributed by atoms with Crippen molar-refractivity contribution in [1.82, 2.24) is 0 Å². The van der Waals surface area contributed by atoms with Crippen molar-refractivity contribution in [2.75, 3.05) is 7.11 Å².